The maximum Gasteiger partial charge on any atom is 0.336 e. The number of hydrogen-bond acceptors (Lipinski definition) is 3. The van der Waals surface area contributed by atoms with E-state index in [0.29, 0.717) is 18.8 Å². The van der Waals surface area contributed by atoms with Crippen LogP contribution in [0.1, 0.15) is 19.8 Å². The largest absolute Gasteiger partial charge is 0.479 e. The molecular weight excluding hydrogens is 176 g/mol. The smallest absolute Gasteiger partial charge is 0.336 e. The van der Waals surface area contributed by atoms with Crippen molar-refractivity contribution >= 4 is 17.7 Å². The molecule has 0 aromatic heterocycles. The Morgan fingerprint density at radius 1 is 1.75 bits per heavy atom. The summed E-state index contributed by atoms with van der Waals surface area (Å²) in [6, 6.07) is 0. The van der Waals surface area contributed by atoms with Crippen molar-refractivity contribution in [2.45, 2.75) is 25.4 Å². The van der Waals surface area contributed by atoms with Crippen LogP contribution in [0.3, 0.4) is 0 Å². The first-order chi connectivity index (χ1) is 5.71. The Kier molecular flexibility index (Phi) is 3.40. The van der Waals surface area contributed by atoms with Crippen LogP contribution >= 0.6 is 11.8 Å². The number of thioether (sulfide) groups is 1. The maximum atomic E-state index is 10.9. The van der Waals surface area contributed by atoms with Gasteiger partial charge in [0.15, 0.2) is 5.60 Å². The lowest BCUT2D eigenvalue weighted by atomic mass is 10.00. The highest BCUT2D eigenvalue weighted by Gasteiger charge is 2.40. The van der Waals surface area contributed by atoms with E-state index in [2.05, 4.69) is 0 Å². The molecule has 1 aliphatic heterocycles. The van der Waals surface area contributed by atoms with Crippen LogP contribution in [0, 0.1) is 0 Å². The molecule has 0 bridgehead atoms. The molecule has 3 nitrogen and oxygen atoms in total. The first kappa shape index (κ1) is 9.86. The third-order valence-corrected chi connectivity index (χ3v) is 3.26. The van der Waals surface area contributed by atoms with E-state index in [1.54, 1.807) is 11.8 Å². The van der Waals surface area contributed by atoms with E-state index >= 15 is 0 Å². The lowest BCUT2D eigenvalue weighted by molar-refractivity contribution is -0.163. The fraction of sp³-hybridized carbons (Fsp3) is 0.875. The van der Waals surface area contributed by atoms with Crippen LogP contribution in [0.15, 0.2) is 0 Å². The van der Waals surface area contributed by atoms with Crippen LogP contribution in [0.5, 0.6) is 0 Å². The summed E-state index contributed by atoms with van der Waals surface area (Å²) in [6.45, 7) is 2.32. The van der Waals surface area contributed by atoms with E-state index in [1.165, 1.54) is 0 Å². The molecule has 1 rings (SSSR count). The van der Waals surface area contributed by atoms with Gasteiger partial charge in [-0.05, 0) is 25.5 Å². The highest BCUT2D eigenvalue weighted by Crippen LogP contribution is 2.30. The lowest BCUT2D eigenvalue weighted by Crippen LogP contribution is -2.46. The number of carboxylic acids is 1. The van der Waals surface area contributed by atoms with Gasteiger partial charge in [0, 0.05) is 12.4 Å². The van der Waals surface area contributed by atoms with E-state index in [4.69, 9.17) is 9.84 Å². The van der Waals surface area contributed by atoms with E-state index in [-0.39, 0.29) is 0 Å². The van der Waals surface area contributed by atoms with Gasteiger partial charge >= 0.3 is 5.97 Å². The number of hydrogen-bond donors (Lipinski definition) is 1. The zero-order valence-corrected chi connectivity index (χ0v) is 8.02. The van der Waals surface area contributed by atoms with Gasteiger partial charge in [-0.2, -0.15) is 11.8 Å². The Morgan fingerprint density at radius 3 is 2.92 bits per heavy atom. The van der Waals surface area contributed by atoms with Gasteiger partial charge in [0.25, 0.3) is 0 Å². The molecule has 1 saturated heterocycles. The molecule has 0 amide bonds. The Hall–Kier alpha value is -0.220. The predicted molar refractivity (Wildman–Crippen MR) is 48.6 cm³/mol. The highest BCUT2D eigenvalue weighted by molar-refractivity contribution is 7.99. The van der Waals surface area contributed by atoms with Crippen LogP contribution in [-0.4, -0.2) is 34.8 Å². The van der Waals surface area contributed by atoms with Crippen molar-refractivity contribution in [3.05, 3.63) is 0 Å². The van der Waals surface area contributed by atoms with Crippen molar-refractivity contribution in [3.63, 3.8) is 0 Å². The minimum atomic E-state index is -0.891. The number of carboxylic acid groups (broad SMARTS) is 1. The van der Waals surface area contributed by atoms with Crippen LogP contribution in [-0.2, 0) is 9.53 Å². The fourth-order valence-corrected chi connectivity index (χ4v) is 2.56. The second-order valence-electron chi connectivity index (χ2n) is 2.89. The van der Waals surface area contributed by atoms with Crippen molar-refractivity contribution in [2.75, 3.05) is 18.1 Å². The van der Waals surface area contributed by atoms with Gasteiger partial charge < -0.3 is 9.84 Å². The minimum Gasteiger partial charge on any atom is -0.479 e. The molecule has 1 aliphatic rings. The fourth-order valence-electron chi connectivity index (χ4n) is 1.39. The van der Waals surface area contributed by atoms with Gasteiger partial charge in [-0.15, -0.1) is 0 Å². The van der Waals surface area contributed by atoms with Crippen molar-refractivity contribution in [1.82, 2.24) is 0 Å². The minimum absolute atomic E-state index is 0.479. The number of aliphatic carboxylic acids is 1. The lowest BCUT2D eigenvalue weighted by Gasteiger charge is -2.32. The van der Waals surface area contributed by atoms with Crippen molar-refractivity contribution in [2.24, 2.45) is 0 Å². The topological polar surface area (TPSA) is 46.5 Å². The summed E-state index contributed by atoms with van der Waals surface area (Å²) in [6.07, 6.45) is 1.60. The standard InChI is InChI=1S/C8H14O3S/c1-2-11-8(7(9)10)4-3-5-12-6-8/h2-6H2,1H3,(H,9,10). The number of ether oxygens (including phenoxy) is 1. The molecule has 0 aromatic carbocycles. The average Bonchev–Trinajstić information content (AvgIpc) is 2.06. The molecule has 0 spiro atoms. The highest BCUT2D eigenvalue weighted by atomic mass is 32.2. The summed E-state index contributed by atoms with van der Waals surface area (Å²) in [5.74, 6) is 0.842. The second kappa shape index (κ2) is 4.14. The first-order valence-corrected chi connectivity index (χ1v) is 5.32. The molecule has 4 heteroatoms. The Balaban J connectivity index is 2.63. The Labute approximate surface area is 76.5 Å². The SMILES string of the molecule is CCOC1(C(=O)O)CCCSC1. The summed E-state index contributed by atoms with van der Waals surface area (Å²) in [4.78, 5) is 10.9. The normalized spacial score (nSPS) is 30.1. The molecule has 1 N–H and O–H groups in total. The molecule has 1 fully saturated rings. The van der Waals surface area contributed by atoms with E-state index < -0.39 is 11.6 Å². The summed E-state index contributed by atoms with van der Waals surface area (Å²) in [5, 5.41) is 8.98. The summed E-state index contributed by atoms with van der Waals surface area (Å²) in [5.41, 5.74) is -0.891. The third kappa shape index (κ3) is 1.93. The van der Waals surface area contributed by atoms with Crippen molar-refractivity contribution < 1.29 is 14.6 Å². The van der Waals surface area contributed by atoms with Gasteiger partial charge in [0.2, 0.25) is 0 Å². The molecular formula is C8H14O3S. The van der Waals surface area contributed by atoms with Gasteiger partial charge in [-0.25, -0.2) is 4.79 Å². The van der Waals surface area contributed by atoms with Gasteiger partial charge in [-0.1, -0.05) is 0 Å². The van der Waals surface area contributed by atoms with Crippen LogP contribution in [0.25, 0.3) is 0 Å². The Bertz CT molecular complexity index is 158. The van der Waals surface area contributed by atoms with E-state index in [1.807, 2.05) is 6.92 Å². The van der Waals surface area contributed by atoms with Crippen LogP contribution in [0.2, 0.25) is 0 Å². The molecule has 0 radical (unpaired) electrons. The first-order valence-electron chi connectivity index (χ1n) is 4.16. The van der Waals surface area contributed by atoms with Crippen molar-refractivity contribution in [1.29, 1.82) is 0 Å². The molecule has 70 valence electrons. The predicted octanol–water partition coefficient (Wildman–Crippen LogP) is 1.37. The van der Waals surface area contributed by atoms with Crippen molar-refractivity contribution in [3.8, 4) is 0 Å². The maximum absolute atomic E-state index is 10.9. The van der Waals surface area contributed by atoms with Gasteiger partial charge in [0.05, 0.1) is 0 Å². The summed E-state index contributed by atoms with van der Waals surface area (Å²) < 4.78 is 5.31. The molecule has 1 heterocycles. The molecule has 1 atom stereocenters. The van der Waals surface area contributed by atoms with E-state index in [9.17, 15) is 4.79 Å². The van der Waals surface area contributed by atoms with Gasteiger partial charge in [-0.3, -0.25) is 0 Å². The number of carbonyl (C=O) groups is 1. The molecule has 0 aliphatic carbocycles. The van der Waals surface area contributed by atoms with Crippen LogP contribution in [0.4, 0.5) is 0 Å². The number of rotatable bonds is 3. The molecule has 0 saturated carbocycles. The third-order valence-electron chi connectivity index (χ3n) is 2.01. The zero-order valence-electron chi connectivity index (χ0n) is 7.21. The summed E-state index contributed by atoms with van der Waals surface area (Å²) >= 11 is 1.66. The zero-order chi connectivity index (χ0) is 9.03. The monoisotopic (exact) mass is 190 g/mol. The van der Waals surface area contributed by atoms with Crippen LogP contribution < -0.4 is 0 Å². The van der Waals surface area contributed by atoms with E-state index in [0.717, 1.165) is 12.2 Å². The molecule has 12 heavy (non-hydrogen) atoms. The summed E-state index contributed by atoms with van der Waals surface area (Å²) in [7, 11) is 0. The Morgan fingerprint density at radius 2 is 2.50 bits per heavy atom. The van der Waals surface area contributed by atoms with Gasteiger partial charge in [0.1, 0.15) is 0 Å². The molecule has 0 aromatic rings. The second-order valence-corrected chi connectivity index (χ2v) is 3.99. The quantitative estimate of drug-likeness (QED) is 0.730. The molecule has 1 unspecified atom stereocenters. The average molecular weight is 190 g/mol.